The molecule has 0 saturated carbocycles. The van der Waals surface area contributed by atoms with Crippen molar-refractivity contribution in [2.75, 3.05) is 7.11 Å². The van der Waals surface area contributed by atoms with Gasteiger partial charge in [-0.3, -0.25) is 4.79 Å². The summed E-state index contributed by atoms with van der Waals surface area (Å²) in [5.74, 6) is 0.252. The van der Waals surface area contributed by atoms with Crippen molar-refractivity contribution in [2.45, 2.75) is 13.3 Å². The van der Waals surface area contributed by atoms with E-state index in [0.717, 1.165) is 5.69 Å². The van der Waals surface area contributed by atoms with Crippen LogP contribution in [-0.4, -0.2) is 18.1 Å². The number of carbonyl (C=O) groups excluding carboxylic acids is 1. The van der Waals surface area contributed by atoms with Gasteiger partial charge >= 0.3 is 5.97 Å². The Hall–Kier alpha value is -1.32. The Labute approximate surface area is 64.2 Å². The van der Waals surface area contributed by atoms with Gasteiger partial charge in [0.25, 0.3) is 0 Å². The molecule has 1 heterocycles. The quantitative estimate of drug-likeness (QED) is 0.590. The topological polar surface area (TPSA) is 52.3 Å². The normalized spacial score (nSPS) is 9.64. The number of ether oxygens (including phenoxy) is 1. The first-order valence-electron chi connectivity index (χ1n) is 3.20. The van der Waals surface area contributed by atoms with Crippen LogP contribution in [0.1, 0.15) is 11.5 Å². The van der Waals surface area contributed by atoms with E-state index >= 15 is 0 Å². The first kappa shape index (κ1) is 7.78. The van der Waals surface area contributed by atoms with Crippen molar-refractivity contribution < 1.29 is 13.9 Å². The Kier molecular flexibility index (Phi) is 2.25. The summed E-state index contributed by atoms with van der Waals surface area (Å²) in [4.78, 5) is 14.6. The molecule has 1 aromatic rings. The Morgan fingerprint density at radius 1 is 1.82 bits per heavy atom. The molecule has 0 saturated heterocycles. The van der Waals surface area contributed by atoms with Crippen molar-refractivity contribution in [1.29, 1.82) is 0 Å². The van der Waals surface area contributed by atoms with Crippen LogP contribution >= 0.6 is 0 Å². The minimum absolute atomic E-state index is 0.155. The molecule has 0 radical (unpaired) electrons. The molecule has 0 aliphatic heterocycles. The van der Waals surface area contributed by atoms with Gasteiger partial charge in [-0.15, -0.1) is 0 Å². The number of carbonyl (C=O) groups is 1. The van der Waals surface area contributed by atoms with Crippen molar-refractivity contribution in [3.05, 3.63) is 17.8 Å². The van der Waals surface area contributed by atoms with Crippen molar-refractivity contribution in [3.63, 3.8) is 0 Å². The third-order valence-electron chi connectivity index (χ3n) is 1.38. The minimum Gasteiger partial charge on any atom is -0.469 e. The van der Waals surface area contributed by atoms with Gasteiger partial charge < -0.3 is 9.15 Å². The zero-order chi connectivity index (χ0) is 8.27. The maximum Gasteiger partial charge on any atom is 0.313 e. The van der Waals surface area contributed by atoms with Crippen molar-refractivity contribution >= 4 is 5.97 Å². The molecule has 11 heavy (non-hydrogen) atoms. The van der Waals surface area contributed by atoms with E-state index in [9.17, 15) is 4.79 Å². The highest BCUT2D eigenvalue weighted by Crippen LogP contribution is 2.05. The number of esters is 1. The lowest BCUT2D eigenvalue weighted by Gasteiger charge is -1.94. The molecule has 0 atom stereocenters. The number of oxazole rings is 1. The molecule has 1 rings (SSSR count). The monoisotopic (exact) mass is 155 g/mol. The molecule has 0 aromatic carbocycles. The molecule has 0 N–H and O–H groups in total. The standard InChI is InChI=1S/C7H9NO3/c1-5-6(11-4-8-5)3-7(9)10-2/h4H,3H2,1-2H3. The SMILES string of the molecule is COC(=O)Cc1ocnc1C. The van der Waals surface area contributed by atoms with Gasteiger partial charge in [0.15, 0.2) is 6.39 Å². The van der Waals surface area contributed by atoms with Crippen LogP contribution in [0.2, 0.25) is 0 Å². The maximum absolute atomic E-state index is 10.7. The molecular formula is C7H9NO3. The van der Waals surface area contributed by atoms with Crippen molar-refractivity contribution in [3.8, 4) is 0 Å². The van der Waals surface area contributed by atoms with E-state index in [2.05, 4.69) is 9.72 Å². The summed E-state index contributed by atoms with van der Waals surface area (Å²) < 4.78 is 9.38. The van der Waals surface area contributed by atoms with Gasteiger partial charge in [-0.25, -0.2) is 4.98 Å². The third kappa shape index (κ3) is 1.80. The van der Waals surface area contributed by atoms with Crippen LogP contribution in [0.4, 0.5) is 0 Å². The fourth-order valence-corrected chi connectivity index (χ4v) is 0.699. The summed E-state index contributed by atoms with van der Waals surface area (Å²) >= 11 is 0. The van der Waals surface area contributed by atoms with Gasteiger partial charge in [0, 0.05) is 0 Å². The van der Waals surface area contributed by atoms with Crippen LogP contribution in [-0.2, 0) is 16.0 Å². The third-order valence-corrected chi connectivity index (χ3v) is 1.38. The van der Waals surface area contributed by atoms with Crippen LogP contribution in [0.3, 0.4) is 0 Å². The Bertz CT molecular complexity index is 254. The zero-order valence-electron chi connectivity index (χ0n) is 6.46. The van der Waals surface area contributed by atoms with Crippen LogP contribution < -0.4 is 0 Å². The molecule has 0 aliphatic carbocycles. The molecule has 4 heteroatoms. The van der Waals surface area contributed by atoms with Gasteiger partial charge in [-0.2, -0.15) is 0 Å². The molecular weight excluding hydrogens is 146 g/mol. The van der Waals surface area contributed by atoms with E-state index in [1.807, 2.05) is 0 Å². The van der Waals surface area contributed by atoms with Crippen molar-refractivity contribution in [1.82, 2.24) is 4.98 Å². The molecule has 60 valence electrons. The van der Waals surface area contributed by atoms with Crippen LogP contribution in [0.25, 0.3) is 0 Å². The molecule has 1 aromatic heterocycles. The summed E-state index contributed by atoms with van der Waals surface area (Å²) in [6, 6.07) is 0. The minimum atomic E-state index is -0.315. The van der Waals surface area contributed by atoms with Crippen LogP contribution in [0.5, 0.6) is 0 Å². The second-order valence-corrected chi connectivity index (χ2v) is 2.11. The molecule has 0 aliphatic rings. The van der Waals surface area contributed by atoms with Gasteiger partial charge in [-0.1, -0.05) is 0 Å². The summed E-state index contributed by atoms with van der Waals surface area (Å²) in [6.45, 7) is 1.78. The number of rotatable bonds is 2. The van der Waals surface area contributed by atoms with E-state index in [1.165, 1.54) is 13.5 Å². The second-order valence-electron chi connectivity index (χ2n) is 2.11. The number of aryl methyl sites for hydroxylation is 1. The Morgan fingerprint density at radius 2 is 2.55 bits per heavy atom. The molecule has 0 bridgehead atoms. The largest absolute Gasteiger partial charge is 0.469 e. The van der Waals surface area contributed by atoms with E-state index in [4.69, 9.17) is 4.42 Å². The summed E-state index contributed by atoms with van der Waals surface area (Å²) in [6.07, 6.45) is 1.47. The lowest BCUT2D eigenvalue weighted by molar-refractivity contribution is -0.140. The number of hydrogen-bond donors (Lipinski definition) is 0. The molecule has 0 fully saturated rings. The van der Waals surface area contributed by atoms with E-state index < -0.39 is 0 Å². The number of hydrogen-bond acceptors (Lipinski definition) is 4. The van der Waals surface area contributed by atoms with Crippen LogP contribution in [0.15, 0.2) is 10.8 Å². The highest BCUT2D eigenvalue weighted by molar-refractivity contribution is 5.71. The number of nitrogens with zero attached hydrogens (tertiary/aromatic N) is 1. The molecule has 0 amide bonds. The van der Waals surface area contributed by atoms with E-state index in [0.29, 0.717) is 5.76 Å². The Morgan fingerprint density at radius 3 is 3.00 bits per heavy atom. The number of methoxy groups -OCH3 is 1. The summed E-state index contributed by atoms with van der Waals surface area (Å²) in [5.41, 5.74) is 0.732. The zero-order valence-corrected chi connectivity index (χ0v) is 6.46. The lowest BCUT2D eigenvalue weighted by Crippen LogP contribution is -2.04. The second kappa shape index (κ2) is 3.18. The van der Waals surface area contributed by atoms with Gasteiger partial charge in [0.2, 0.25) is 0 Å². The highest BCUT2D eigenvalue weighted by Gasteiger charge is 2.08. The fourth-order valence-electron chi connectivity index (χ4n) is 0.699. The molecule has 4 nitrogen and oxygen atoms in total. The highest BCUT2D eigenvalue weighted by atomic mass is 16.5. The van der Waals surface area contributed by atoms with Crippen LogP contribution in [0, 0.1) is 6.92 Å². The summed E-state index contributed by atoms with van der Waals surface area (Å²) in [5, 5.41) is 0. The maximum atomic E-state index is 10.7. The van der Waals surface area contributed by atoms with Crippen molar-refractivity contribution in [2.24, 2.45) is 0 Å². The average Bonchev–Trinajstić information content (AvgIpc) is 2.37. The predicted octanol–water partition coefficient (Wildman–Crippen LogP) is 0.699. The van der Waals surface area contributed by atoms with Gasteiger partial charge in [0.1, 0.15) is 12.2 Å². The smallest absolute Gasteiger partial charge is 0.313 e. The summed E-state index contributed by atoms with van der Waals surface area (Å²) in [7, 11) is 1.34. The van der Waals surface area contributed by atoms with Gasteiger partial charge in [0.05, 0.1) is 12.8 Å². The fraction of sp³-hybridized carbons (Fsp3) is 0.429. The molecule has 0 unspecified atom stereocenters. The van der Waals surface area contributed by atoms with Gasteiger partial charge in [-0.05, 0) is 6.92 Å². The number of aromatic nitrogens is 1. The predicted molar refractivity (Wildman–Crippen MR) is 37.0 cm³/mol. The Balaban J connectivity index is 2.64. The lowest BCUT2D eigenvalue weighted by atomic mass is 10.3. The first-order valence-corrected chi connectivity index (χ1v) is 3.20. The van der Waals surface area contributed by atoms with E-state index in [-0.39, 0.29) is 12.4 Å². The first-order chi connectivity index (χ1) is 5.24. The van der Waals surface area contributed by atoms with E-state index in [1.54, 1.807) is 6.92 Å². The molecule has 0 spiro atoms. The average molecular weight is 155 g/mol.